The van der Waals surface area contributed by atoms with Gasteiger partial charge < -0.3 is 10.6 Å². The Kier molecular flexibility index (Phi) is 3.61. The summed E-state index contributed by atoms with van der Waals surface area (Å²) in [4.78, 5) is 20.5. The van der Waals surface area contributed by atoms with Gasteiger partial charge in [0.05, 0.1) is 5.69 Å². The van der Waals surface area contributed by atoms with Crippen molar-refractivity contribution < 1.29 is 4.79 Å². The number of aryl methyl sites for hydroxylation is 2. The van der Waals surface area contributed by atoms with E-state index >= 15 is 0 Å². The maximum absolute atomic E-state index is 12.6. The second kappa shape index (κ2) is 5.30. The number of nitrogens with zero attached hydrogens (tertiary/aromatic N) is 2. The molecule has 0 saturated carbocycles. The molecular weight excluding hydrogens is 282 g/mol. The van der Waals surface area contributed by atoms with Crippen molar-refractivity contribution in [3.8, 4) is 0 Å². The van der Waals surface area contributed by atoms with E-state index in [-0.39, 0.29) is 5.91 Å². The lowest BCUT2D eigenvalue weighted by atomic mass is 10.1. The second-order valence-corrected chi connectivity index (χ2v) is 7.22. The third kappa shape index (κ3) is 2.50. The van der Waals surface area contributed by atoms with Crippen LogP contribution >= 0.6 is 11.3 Å². The molecule has 1 amide bonds. The third-order valence-corrected chi connectivity index (χ3v) is 5.03. The molecule has 1 aliphatic rings. The Hall–Kier alpha value is -1.62. The Morgan fingerprint density at radius 1 is 1.48 bits per heavy atom. The fourth-order valence-electron chi connectivity index (χ4n) is 2.96. The number of carbonyl (C=O) groups is 1. The Labute approximate surface area is 129 Å². The summed E-state index contributed by atoms with van der Waals surface area (Å²) in [6.45, 7) is 4.94. The predicted octanol–water partition coefficient (Wildman–Crippen LogP) is 3.10. The average molecular weight is 303 g/mol. The van der Waals surface area contributed by atoms with E-state index in [0.717, 1.165) is 29.6 Å². The molecule has 0 radical (unpaired) electrons. The van der Waals surface area contributed by atoms with Gasteiger partial charge in [-0.3, -0.25) is 4.79 Å². The molecule has 0 fully saturated rings. The van der Waals surface area contributed by atoms with Crippen LogP contribution in [0.3, 0.4) is 0 Å². The summed E-state index contributed by atoms with van der Waals surface area (Å²) in [5.74, 6) is 0.445. The highest BCUT2D eigenvalue weighted by Crippen LogP contribution is 2.36. The van der Waals surface area contributed by atoms with Gasteiger partial charge in [-0.05, 0) is 36.8 Å². The van der Waals surface area contributed by atoms with Gasteiger partial charge >= 0.3 is 0 Å². The van der Waals surface area contributed by atoms with E-state index in [1.165, 1.54) is 29.0 Å². The number of nitrogens with two attached hydrogens (primary N) is 1. The van der Waals surface area contributed by atoms with Gasteiger partial charge in [-0.25, -0.2) is 4.98 Å². The molecular formula is C16H21N3OS. The maximum Gasteiger partial charge on any atom is 0.265 e. The highest BCUT2D eigenvalue weighted by Gasteiger charge is 2.23. The van der Waals surface area contributed by atoms with Crippen molar-refractivity contribution in [2.24, 2.45) is 5.92 Å². The lowest BCUT2D eigenvalue weighted by molar-refractivity contribution is 0.0785. The number of hydrogen-bond donors (Lipinski definition) is 1. The largest absolute Gasteiger partial charge is 0.397 e. The molecule has 5 heteroatoms. The number of thiophene rings is 1. The van der Waals surface area contributed by atoms with Gasteiger partial charge in [0.15, 0.2) is 0 Å². The molecule has 0 atom stereocenters. The van der Waals surface area contributed by atoms with E-state index in [1.807, 2.05) is 7.05 Å². The molecule has 2 heterocycles. The minimum atomic E-state index is 0.00404. The van der Waals surface area contributed by atoms with Crippen molar-refractivity contribution in [1.82, 2.24) is 9.88 Å². The zero-order chi connectivity index (χ0) is 15.1. The van der Waals surface area contributed by atoms with E-state index in [9.17, 15) is 4.79 Å². The summed E-state index contributed by atoms with van der Waals surface area (Å²) in [6, 6.07) is 2.13. The van der Waals surface area contributed by atoms with Gasteiger partial charge in [0, 0.05) is 24.7 Å². The molecule has 0 aromatic carbocycles. The number of fused-ring (bicyclic) bond motifs is 2. The van der Waals surface area contributed by atoms with Gasteiger partial charge in [-0.1, -0.05) is 13.8 Å². The first kappa shape index (κ1) is 14.3. The van der Waals surface area contributed by atoms with Gasteiger partial charge in [-0.2, -0.15) is 0 Å². The quantitative estimate of drug-likeness (QED) is 0.948. The first-order valence-electron chi connectivity index (χ1n) is 7.43. The Morgan fingerprint density at radius 3 is 2.95 bits per heavy atom. The molecule has 0 unspecified atom stereocenters. The number of carbonyl (C=O) groups excluding carboxylic acids is 1. The van der Waals surface area contributed by atoms with Gasteiger partial charge in [0.1, 0.15) is 9.71 Å². The number of aromatic nitrogens is 1. The molecule has 0 bridgehead atoms. The first-order valence-corrected chi connectivity index (χ1v) is 8.25. The van der Waals surface area contributed by atoms with Crippen molar-refractivity contribution in [2.75, 3.05) is 19.3 Å². The molecule has 112 valence electrons. The molecule has 0 spiro atoms. The van der Waals surface area contributed by atoms with E-state index < -0.39 is 0 Å². The van der Waals surface area contributed by atoms with Crippen LogP contribution in [0, 0.1) is 5.92 Å². The summed E-state index contributed by atoms with van der Waals surface area (Å²) < 4.78 is 0. The highest BCUT2D eigenvalue weighted by atomic mass is 32.1. The van der Waals surface area contributed by atoms with Crippen LogP contribution in [-0.4, -0.2) is 29.4 Å². The maximum atomic E-state index is 12.6. The lowest BCUT2D eigenvalue weighted by Crippen LogP contribution is -2.30. The van der Waals surface area contributed by atoms with Crippen molar-refractivity contribution in [1.29, 1.82) is 0 Å². The van der Waals surface area contributed by atoms with Crippen LogP contribution in [0.15, 0.2) is 6.07 Å². The zero-order valence-corrected chi connectivity index (χ0v) is 13.6. The van der Waals surface area contributed by atoms with Crippen LogP contribution in [0.2, 0.25) is 0 Å². The van der Waals surface area contributed by atoms with E-state index in [0.29, 0.717) is 16.5 Å². The number of rotatable bonds is 3. The van der Waals surface area contributed by atoms with Crippen LogP contribution in [0.5, 0.6) is 0 Å². The number of nitrogen functional groups attached to an aromatic ring is 1. The normalized spacial score (nSPS) is 13.9. The first-order chi connectivity index (χ1) is 9.97. The topological polar surface area (TPSA) is 59.2 Å². The Morgan fingerprint density at radius 2 is 2.24 bits per heavy atom. The number of hydrogen-bond acceptors (Lipinski definition) is 4. The van der Waals surface area contributed by atoms with Gasteiger partial charge in [0.2, 0.25) is 0 Å². The van der Waals surface area contributed by atoms with E-state index in [4.69, 9.17) is 10.7 Å². The minimum Gasteiger partial charge on any atom is -0.397 e. The fourth-order valence-corrected chi connectivity index (χ4v) is 4.05. The van der Waals surface area contributed by atoms with Gasteiger partial charge in [0.25, 0.3) is 5.91 Å². The third-order valence-electron chi connectivity index (χ3n) is 3.93. The molecule has 4 nitrogen and oxygen atoms in total. The highest BCUT2D eigenvalue weighted by molar-refractivity contribution is 7.21. The van der Waals surface area contributed by atoms with Crippen LogP contribution < -0.4 is 5.73 Å². The molecule has 21 heavy (non-hydrogen) atoms. The Bertz CT molecular complexity index is 705. The standard InChI is InChI=1S/C16H21N3OS/c1-9(2)8-19(3)16(20)14-13(17)11-7-10-5-4-6-12(10)18-15(11)21-14/h7,9H,4-6,8,17H2,1-3H3. The van der Waals surface area contributed by atoms with E-state index in [2.05, 4.69) is 19.9 Å². The van der Waals surface area contributed by atoms with Crippen LogP contribution in [0.1, 0.15) is 41.2 Å². The second-order valence-electron chi connectivity index (χ2n) is 6.22. The molecule has 2 aromatic rings. The van der Waals surface area contributed by atoms with Gasteiger partial charge in [-0.15, -0.1) is 11.3 Å². The molecule has 3 rings (SSSR count). The molecule has 1 aliphatic carbocycles. The fraction of sp³-hybridized carbons (Fsp3) is 0.500. The zero-order valence-electron chi connectivity index (χ0n) is 12.8. The number of anilines is 1. The smallest absolute Gasteiger partial charge is 0.265 e. The van der Waals surface area contributed by atoms with Crippen LogP contribution in [0.25, 0.3) is 10.2 Å². The van der Waals surface area contributed by atoms with Crippen LogP contribution in [0.4, 0.5) is 5.69 Å². The van der Waals surface area contributed by atoms with Crippen molar-refractivity contribution in [3.05, 3.63) is 22.2 Å². The summed E-state index contributed by atoms with van der Waals surface area (Å²) in [6.07, 6.45) is 3.28. The predicted molar refractivity (Wildman–Crippen MR) is 87.9 cm³/mol. The summed E-state index contributed by atoms with van der Waals surface area (Å²) in [7, 11) is 1.83. The minimum absolute atomic E-state index is 0.00404. The summed E-state index contributed by atoms with van der Waals surface area (Å²) in [5, 5.41) is 0.946. The van der Waals surface area contributed by atoms with Crippen molar-refractivity contribution >= 4 is 33.1 Å². The SMILES string of the molecule is CC(C)CN(C)C(=O)c1sc2nc3c(cc2c1N)CCC3. The molecule has 0 aliphatic heterocycles. The van der Waals surface area contributed by atoms with E-state index in [1.54, 1.807) is 4.90 Å². The summed E-state index contributed by atoms with van der Waals surface area (Å²) >= 11 is 1.43. The van der Waals surface area contributed by atoms with Crippen LogP contribution in [-0.2, 0) is 12.8 Å². The number of pyridine rings is 1. The average Bonchev–Trinajstić information content (AvgIpc) is 2.99. The monoisotopic (exact) mass is 303 g/mol. The lowest BCUT2D eigenvalue weighted by Gasteiger charge is -2.18. The number of amides is 1. The Balaban J connectivity index is 2.00. The molecule has 2 aromatic heterocycles. The summed E-state index contributed by atoms with van der Waals surface area (Å²) in [5.41, 5.74) is 9.29. The molecule has 0 saturated heterocycles. The molecule has 2 N–H and O–H groups in total. The van der Waals surface area contributed by atoms with Crippen molar-refractivity contribution in [3.63, 3.8) is 0 Å². The van der Waals surface area contributed by atoms with Crippen molar-refractivity contribution in [2.45, 2.75) is 33.1 Å².